The standard InChI is InChI=1S/C22H21N5O3/c1-26-14-13-23-20(26)15-30-18-9-7-16(8-10-18)24-22(29)19-11-12-21(28)27(25-19)17-5-3-2-4-6-17/h2-10,13-14H,11-12,15H2,1H3,(H,24,29). The second kappa shape index (κ2) is 8.60. The first kappa shape index (κ1) is 19.4. The fraction of sp³-hybridized carbons (Fsp3) is 0.182. The number of hydrazone groups is 1. The number of imidazole rings is 1. The predicted molar refractivity (Wildman–Crippen MR) is 113 cm³/mol. The highest BCUT2D eigenvalue weighted by atomic mass is 16.5. The zero-order valence-electron chi connectivity index (χ0n) is 16.5. The average molecular weight is 403 g/mol. The van der Waals surface area contributed by atoms with Gasteiger partial charge in [-0.15, -0.1) is 0 Å². The van der Waals surface area contributed by atoms with E-state index in [0.29, 0.717) is 35.9 Å². The maximum Gasteiger partial charge on any atom is 0.271 e. The van der Waals surface area contributed by atoms with Gasteiger partial charge in [-0.25, -0.2) is 9.99 Å². The van der Waals surface area contributed by atoms with Crippen LogP contribution in [0, 0.1) is 0 Å². The van der Waals surface area contributed by atoms with Gasteiger partial charge in [0.2, 0.25) is 5.91 Å². The second-order valence-electron chi connectivity index (χ2n) is 6.81. The number of carbonyl (C=O) groups is 2. The largest absolute Gasteiger partial charge is 0.486 e. The number of aromatic nitrogens is 2. The Morgan fingerprint density at radius 3 is 2.57 bits per heavy atom. The number of benzene rings is 2. The van der Waals surface area contributed by atoms with E-state index < -0.39 is 0 Å². The van der Waals surface area contributed by atoms with Crippen molar-refractivity contribution >= 4 is 28.9 Å². The van der Waals surface area contributed by atoms with Crippen molar-refractivity contribution in [2.45, 2.75) is 19.4 Å². The molecule has 1 aliphatic heterocycles. The third-order valence-corrected chi connectivity index (χ3v) is 4.70. The van der Waals surface area contributed by atoms with Gasteiger partial charge in [-0.05, 0) is 36.4 Å². The average Bonchev–Trinajstić information content (AvgIpc) is 3.19. The van der Waals surface area contributed by atoms with Crippen LogP contribution in [0.3, 0.4) is 0 Å². The van der Waals surface area contributed by atoms with Gasteiger partial charge in [-0.3, -0.25) is 9.59 Å². The van der Waals surface area contributed by atoms with E-state index in [-0.39, 0.29) is 18.2 Å². The fourth-order valence-electron chi connectivity index (χ4n) is 3.01. The van der Waals surface area contributed by atoms with Crippen LogP contribution < -0.4 is 15.1 Å². The molecule has 8 heteroatoms. The predicted octanol–water partition coefficient (Wildman–Crippen LogP) is 3.12. The molecule has 1 N–H and O–H groups in total. The second-order valence-corrected chi connectivity index (χ2v) is 6.81. The van der Waals surface area contributed by atoms with Crippen molar-refractivity contribution in [2.24, 2.45) is 12.1 Å². The number of ether oxygens (including phenoxy) is 1. The van der Waals surface area contributed by atoms with E-state index in [2.05, 4.69) is 15.4 Å². The molecule has 30 heavy (non-hydrogen) atoms. The van der Waals surface area contributed by atoms with Crippen molar-refractivity contribution in [3.63, 3.8) is 0 Å². The summed E-state index contributed by atoms with van der Waals surface area (Å²) in [7, 11) is 1.91. The molecular weight excluding hydrogens is 382 g/mol. The summed E-state index contributed by atoms with van der Waals surface area (Å²) >= 11 is 0. The number of hydrogen-bond donors (Lipinski definition) is 1. The van der Waals surface area contributed by atoms with Gasteiger partial charge in [0.1, 0.15) is 23.9 Å². The number of hydrogen-bond acceptors (Lipinski definition) is 5. The normalized spacial score (nSPS) is 13.7. The van der Waals surface area contributed by atoms with Crippen LogP contribution >= 0.6 is 0 Å². The van der Waals surface area contributed by atoms with Crippen LogP contribution in [0.5, 0.6) is 5.75 Å². The van der Waals surface area contributed by atoms with Crippen LogP contribution in [0.4, 0.5) is 11.4 Å². The summed E-state index contributed by atoms with van der Waals surface area (Å²) in [6.07, 6.45) is 4.12. The molecule has 2 amide bonds. The molecule has 152 valence electrons. The van der Waals surface area contributed by atoms with E-state index in [1.165, 1.54) is 5.01 Å². The zero-order valence-corrected chi connectivity index (χ0v) is 16.5. The lowest BCUT2D eigenvalue weighted by Crippen LogP contribution is -2.36. The number of carbonyl (C=O) groups excluding carboxylic acids is 2. The summed E-state index contributed by atoms with van der Waals surface area (Å²) in [4.78, 5) is 29.0. The first-order valence-corrected chi connectivity index (χ1v) is 9.56. The molecule has 1 aromatic heterocycles. The van der Waals surface area contributed by atoms with Gasteiger partial charge in [0.15, 0.2) is 0 Å². The van der Waals surface area contributed by atoms with Gasteiger partial charge in [-0.1, -0.05) is 18.2 Å². The monoisotopic (exact) mass is 403 g/mol. The molecule has 0 spiro atoms. The van der Waals surface area contributed by atoms with Crippen molar-refractivity contribution < 1.29 is 14.3 Å². The first-order chi connectivity index (χ1) is 14.6. The summed E-state index contributed by atoms with van der Waals surface area (Å²) in [6.45, 7) is 0.357. The van der Waals surface area contributed by atoms with E-state index in [1.807, 2.05) is 36.0 Å². The van der Waals surface area contributed by atoms with E-state index in [4.69, 9.17) is 4.74 Å². The number of rotatable bonds is 6. The third-order valence-electron chi connectivity index (χ3n) is 4.70. The lowest BCUT2D eigenvalue weighted by molar-refractivity contribution is -0.118. The Kier molecular flexibility index (Phi) is 5.56. The Morgan fingerprint density at radius 2 is 1.87 bits per heavy atom. The molecule has 0 unspecified atom stereocenters. The molecule has 1 aliphatic rings. The number of amides is 2. The van der Waals surface area contributed by atoms with Gasteiger partial charge in [0.05, 0.1) is 5.69 Å². The highest BCUT2D eigenvalue weighted by molar-refractivity contribution is 6.44. The third kappa shape index (κ3) is 4.38. The van der Waals surface area contributed by atoms with Crippen molar-refractivity contribution in [1.82, 2.24) is 9.55 Å². The minimum absolute atomic E-state index is 0.132. The molecule has 0 saturated heterocycles. The summed E-state index contributed by atoms with van der Waals surface area (Å²) in [5, 5.41) is 8.38. The van der Waals surface area contributed by atoms with Crippen molar-refractivity contribution in [2.75, 3.05) is 10.3 Å². The molecule has 4 rings (SSSR count). The van der Waals surface area contributed by atoms with Crippen LogP contribution in [-0.4, -0.2) is 27.1 Å². The Labute approximate surface area is 173 Å². The molecule has 2 heterocycles. The molecule has 2 aromatic carbocycles. The number of para-hydroxylation sites is 1. The lowest BCUT2D eigenvalue weighted by atomic mass is 10.1. The number of nitrogens with zero attached hydrogens (tertiary/aromatic N) is 4. The Balaban J connectivity index is 1.39. The molecule has 8 nitrogen and oxygen atoms in total. The zero-order chi connectivity index (χ0) is 20.9. The molecule has 3 aromatic rings. The van der Waals surface area contributed by atoms with Crippen LogP contribution in [0.1, 0.15) is 18.7 Å². The summed E-state index contributed by atoms with van der Waals surface area (Å²) in [5.74, 6) is 1.03. The van der Waals surface area contributed by atoms with Gasteiger partial charge >= 0.3 is 0 Å². The first-order valence-electron chi connectivity index (χ1n) is 9.56. The maximum absolute atomic E-state index is 12.6. The van der Waals surface area contributed by atoms with E-state index in [1.54, 1.807) is 42.6 Å². The van der Waals surface area contributed by atoms with E-state index in [0.717, 1.165) is 5.82 Å². The molecule has 0 bridgehead atoms. The number of anilines is 2. The SMILES string of the molecule is Cn1ccnc1COc1ccc(NC(=O)C2=NN(c3ccccc3)C(=O)CC2)cc1. The maximum atomic E-state index is 12.6. The van der Waals surface area contributed by atoms with Crippen LogP contribution in [0.25, 0.3) is 0 Å². The molecule has 0 radical (unpaired) electrons. The molecule has 0 atom stereocenters. The van der Waals surface area contributed by atoms with Crippen molar-refractivity contribution in [3.8, 4) is 5.75 Å². The molecule has 0 fully saturated rings. The smallest absolute Gasteiger partial charge is 0.271 e. The van der Waals surface area contributed by atoms with Crippen LogP contribution in [0.2, 0.25) is 0 Å². The molecule has 0 aliphatic carbocycles. The molecular formula is C22H21N5O3. The Hall–Kier alpha value is -3.94. The van der Waals surface area contributed by atoms with Gasteiger partial charge in [0.25, 0.3) is 5.91 Å². The highest BCUT2D eigenvalue weighted by Crippen LogP contribution is 2.21. The van der Waals surface area contributed by atoms with Gasteiger partial charge in [-0.2, -0.15) is 5.10 Å². The quantitative estimate of drug-likeness (QED) is 0.685. The Morgan fingerprint density at radius 1 is 1.10 bits per heavy atom. The van der Waals surface area contributed by atoms with Crippen LogP contribution in [0.15, 0.2) is 72.1 Å². The fourth-order valence-corrected chi connectivity index (χ4v) is 3.01. The topological polar surface area (TPSA) is 88.8 Å². The van der Waals surface area contributed by atoms with Crippen molar-refractivity contribution in [1.29, 1.82) is 0 Å². The highest BCUT2D eigenvalue weighted by Gasteiger charge is 2.25. The minimum atomic E-state index is -0.329. The summed E-state index contributed by atoms with van der Waals surface area (Å²) in [6, 6.07) is 16.1. The summed E-state index contributed by atoms with van der Waals surface area (Å²) < 4.78 is 7.61. The summed E-state index contributed by atoms with van der Waals surface area (Å²) in [5.41, 5.74) is 1.57. The Bertz CT molecular complexity index is 1070. The van der Waals surface area contributed by atoms with Gasteiger partial charge < -0.3 is 14.6 Å². The van der Waals surface area contributed by atoms with E-state index in [9.17, 15) is 9.59 Å². The van der Waals surface area contributed by atoms with Crippen LogP contribution in [-0.2, 0) is 23.2 Å². The van der Waals surface area contributed by atoms with E-state index >= 15 is 0 Å². The number of nitrogens with one attached hydrogen (secondary N) is 1. The number of aryl methyl sites for hydroxylation is 1. The lowest BCUT2D eigenvalue weighted by Gasteiger charge is -2.23. The van der Waals surface area contributed by atoms with Crippen molar-refractivity contribution in [3.05, 3.63) is 72.8 Å². The van der Waals surface area contributed by atoms with Gasteiger partial charge in [0, 0.05) is 38.0 Å². The molecule has 0 saturated carbocycles. The minimum Gasteiger partial charge on any atom is -0.486 e.